The Morgan fingerprint density at radius 2 is 1.58 bits per heavy atom. The summed E-state index contributed by atoms with van der Waals surface area (Å²) in [5.41, 5.74) is 4.35. The van der Waals surface area contributed by atoms with Crippen molar-refractivity contribution < 1.29 is 0 Å². The fourth-order valence-electron chi connectivity index (χ4n) is 2.54. The smallest absolute Gasteiger partial charge is 0.0736 e. The van der Waals surface area contributed by atoms with E-state index in [4.69, 9.17) is 23.2 Å². The highest BCUT2D eigenvalue weighted by Crippen LogP contribution is 2.28. The number of halogens is 2. The second-order valence-corrected chi connectivity index (χ2v) is 6.46. The van der Waals surface area contributed by atoms with Gasteiger partial charge in [0, 0.05) is 16.3 Å². The Balaban J connectivity index is 1.83. The Kier molecular flexibility index (Phi) is 5.34. The lowest BCUT2D eigenvalue weighted by atomic mass is 10.0. The normalized spacial score (nSPS) is 12.5. The quantitative estimate of drug-likeness (QED) is 0.455. The minimum atomic E-state index is -0.0587. The summed E-state index contributed by atoms with van der Waals surface area (Å²) >= 11 is 12.3. The fraction of sp³-hybridized carbons (Fsp3) is 0.0952. The van der Waals surface area contributed by atoms with E-state index in [1.807, 2.05) is 49.5 Å². The molecule has 3 heteroatoms. The molecule has 0 aromatic heterocycles. The summed E-state index contributed by atoms with van der Waals surface area (Å²) in [6.07, 6.45) is 1.88. The van der Waals surface area contributed by atoms with Gasteiger partial charge < -0.3 is 0 Å². The Labute approximate surface area is 152 Å². The molecule has 3 aromatic rings. The fourth-order valence-corrected chi connectivity index (χ4v) is 3.00. The third-order valence-corrected chi connectivity index (χ3v) is 4.43. The molecule has 0 aliphatic rings. The van der Waals surface area contributed by atoms with Crippen molar-refractivity contribution in [1.82, 2.24) is 0 Å². The van der Waals surface area contributed by atoms with Crippen LogP contribution in [0.5, 0.6) is 0 Å². The van der Waals surface area contributed by atoms with E-state index in [1.54, 1.807) is 12.1 Å². The number of hydrogen-bond donors (Lipinski definition) is 0. The topological polar surface area (TPSA) is 12.4 Å². The van der Waals surface area contributed by atoms with Crippen LogP contribution in [0.1, 0.15) is 24.1 Å². The second kappa shape index (κ2) is 7.65. The molecule has 1 nitrogen and oxygen atoms in total. The maximum atomic E-state index is 6.25. The molecule has 0 heterocycles. The van der Waals surface area contributed by atoms with Crippen LogP contribution in [0, 0.1) is 0 Å². The van der Waals surface area contributed by atoms with Gasteiger partial charge >= 0.3 is 0 Å². The summed E-state index contributed by atoms with van der Waals surface area (Å²) in [5, 5.41) is 1.35. The summed E-state index contributed by atoms with van der Waals surface area (Å²) in [6.45, 7) is 2.01. The van der Waals surface area contributed by atoms with Gasteiger partial charge in [-0.2, -0.15) is 0 Å². The van der Waals surface area contributed by atoms with Gasteiger partial charge in [-0.1, -0.05) is 71.7 Å². The van der Waals surface area contributed by atoms with Crippen molar-refractivity contribution in [3.8, 4) is 11.1 Å². The predicted octanol–water partition coefficient (Wildman–Crippen LogP) is 6.84. The largest absolute Gasteiger partial charge is 0.285 e. The molecule has 0 spiro atoms. The van der Waals surface area contributed by atoms with Crippen LogP contribution in [0.2, 0.25) is 10.0 Å². The minimum absolute atomic E-state index is 0.0587. The van der Waals surface area contributed by atoms with E-state index in [-0.39, 0.29) is 6.04 Å². The molecule has 0 aliphatic carbocycles. The van der Waals surface area contributed by atoms with Crippen LogP contribution in [0.15, 0.2) is 77.8 Å². The highest BCUT2D eigenvalue weighted by atomic mass is 35.5. The molecular weight excluding hydrogens is 337 g/mol. The lowest BCUT2D eigenvalue weighted by Gasteiger charge is -2.09. The van der Waals surface area contributed by atoms with Crippen molar-refractivity contribution >= 4 is 29.4 Å². The van der Waals surface area contributed by atoms with Crippen molar-refractivity contribution in [2.45, 2.75) is 13.0 Å². The number of aliphatic imine (C=N–C) groups is 1. The van der Waals surface area contributed by atoms with Gasteiger partial charge in [0.25, 0.3) is 0 Å². The Morgan fingerprint density at radius 1 is 0.833 bits per heavy atom. The van der Waals surface area contributed by atoms with Gasteiger partial charge in [-0.3, -0.25) is 4.99 Å². The average Bonchev–Trinajstić information content (AvgIpc) is 2.63. The van der Waals surface area contributed by atoms with Crippen LogP contribution in [0.4, 0.5) is 0 Å². The first-order chi connectivity index (χ1) is 11.6. The summed E-state index contributed by atoms with van der Waals surface area (Å²) < 4.78 is 0. The van der Waals surface area contributed by atoms with Crippen LogP contribution >= 0.6 is 23.2 Å². The molecule has 24 heavy (non-hydrogen) atoms. The van der Waals surface area contributed by atoms with E-state index < -0.39 is 0 Å². The molecule has 1 unspecified atom stereocenters. The molecule has 1 atom stereocenters. The van der Waals surface area contributed by atoms with Crippen molar-refractivity contribution in [3.05, 3.63) is 94.0 Å². The maximum absolute atomic E-state index is 6.25. The van der Waals surface area contributed by atoms with Crippen LogP contribution in [-0.4, -0.2) is 6.21 Å². The lowest BCUT2D eigenvalue weighted by Crippen LogP contribution is -1.93. The average molecular weight is 354 g/mol. The number of nitrogens with zero attached hydrogens (tertiary/aromatic N) is 1. The molecule has 120 valence electrons. The zero-order chi connectivity index (χ0) is 16.9. The van der Waals surface area contributed by atoms with Crippen molar-refractivity contribution in [2.75, 3.05) is 0 Å². The highest BCUT2D eigenvalue weighted by molar-refractivity contribution is 6.33. The Morgan fingerprint density at radius 3 is 2.38 bits per heavy atom. The van der Waals surface area contributed by atoms with E-state index in [0.29, 0.717) is 10.0 Å². The van der Waals surface area contributed by atoms with Gasteiger partial charge in [-0.15, -0.1) is 0 Å². The van der Waals surface area contributed by atoms with Crippen LogP contribution in [0.25, 0.3) is 11.1 Å². The monoisotopic (exact) mass is 353 g/mol. The summed E-state index contributed by atoms with van der Waals surface area (Å²) in [6, 6.07) is 24.0. The minimum Gasteiger partial charge on any atom is -0.285 e. The molecule has 0 amide bonds. The molecule has 3 aromatic carbocycles. The van der Waals surface area contributed by atoms with E-state index >= 15 is 0 Å². The van der Waals surface area contributed by atoms with Crippen LogP contribution < -0.4 is 0 Å². The van der Waals surface area contributed by atoms with Crippen molar-refractivity contribution in [2.24, 2.45) is 4.99 Å². The van der Waals surface area contributed by atoms with Crippen LogP contribution in [-0.2, 0) is 0 Å². The summed E-state index contributed by atoms with van der Waals surface area (Å²) in [4.78, 5) is 4.63. The predicted molar refractivity (Wildman–Crippen MR) is 104 cm³/mol. The van der Waals surface area contributed by atoms with Gasteiger partial charge in [0.15, 0.2) is 0 Å². The Bertz CT molecular complexity index is 857. The molecule has 0 fully saturated rings. The van der Waals surface area contributed by atoms with Crippen LogP contribution in [0.3, 0.4) is 0 Å². The molecule has 0 saturated heterocycles. The third-order valence-electron chi connectivity index (χ3n) is 3.85. The molecule has 0 bridgehead atoms. The summed E-state index contributed by atoms with van der Waals surface area (Å²) in [7, 11) is 0. The maximum Gasteiger partial charge on any atom is 0.0736 e. The lowest BCUT2D eigenvalue weighted by molar-refractivity contribution is 0.825. The van der Waals surface area contributed by atoms with Gasteiger partial charge in [0.2, 0.25) is 0 Å². The standard InChI is InChI=1S/C21H17Cl2N/c1-15(20-13-19(22)10-11-21(20)23)24-14-16-6-5-9-18(12-16)17-7-3-2-4-8-17/h2-15H,1H3. The van der Waals surface area contributed by atoms with E-state index in [9.17, 15) is 0 Å². The zero-order valence-corrected chi connectivity index (χ0v) is 14.8. The SMILES string of the molecule is CC(N=Cc1cccc(-c2ccccc2)c1)c1cc(Cl)ccc1Cl. The first kappa shape index (κ1) is 16.8. The van der Waals surface area contributed by atoms with E-state index in [1.165, 1.54) is 11.1 Å². The molecule has 3 rings (SSSR count). The molecule has 0 radical (unpaired) electrons. The Hall–Kier alpha value is -2.09. The summed E-state index contributed by atoms with van der Waals surface area (Å²) in [5.74, 6) is 0. The first-order valence-corrected chi connectivity index (χ1v) is 8.53. The van der Waals surface area contributed by atoms with Gasteiger partial charge in [0.05, 0.1) is 6.04 Å². The highest BCUT2D eigenvalue weighted by Gasteiger charge is 2.08. The molecule has 0 N–H and O–H groups in total. The number of benzene rings is 3. The van der Waals surface area contributed by atoms with Gasteiger partial charge in [0.1, 0.15) is 0 Å². The number of hydrogen-bond acceptors (Lipinski definition) is 1. The third kappa shape index (κ3) is 4.05. The first-order valence-electron chi connectivity index (χ1n) is 7.77. The zero-order valence-electron chi connectivity index (χ0n) is 13.3. The second-order valence-electron chi connectivity index (χ2n) is 5.61. The van der Waals surface area contributed by atoms with Gasteiger partial charge in [-0.05, 0) is 53.4 Å². The van der Waals surface area contributed by atoms with E-state index in [2.05, 4.69) is 29.3 Å². The number of rotatable bonds is 4. The molecule has 0 saturated carbocycles. The molecular formula is C21H17Cl2N. The van der Waals surface area contributed by atoms with Crippen molar-refractivity contribution in [1.29, 1.82) is 0 Å². The van der Waals surface area contributed by atoms with Crippen molar-refractivity contribution in [3.63, 3.8) is 0 Å². The molecule has 0 aliphatic heterocycles. The van der Waals surface area contributed by atoms with E-state index in [0.717, 1.165) is 11.1 Å². The van der Waals surface area contributed by atoms with Gasteiger partial charge in [-0.25, -0.2) is 0 Å².